The highest BCUT2D eigenvalue weighted by Gasteiger charge is 2.43. The zero-order valence-corrected chi connectivity index (χ0v) is 25.5. The van der Waals surface area contributed by atoms with Gasteiger partial charge in [-0.2, -0.15) is 18.3 Å². The third-order valence-corrected chi connectivity index (χ3v) is 7.76. The first-order valence-corrected chi connectivity index (χ1v) is 14.2. The zero-order valence-electron chi connectivity index (χ0n) is 24.8. The molecule has 1 atom stereocenters. The minimum atomic E-state index is -4.86. The first-order valence-electron chi connectivity index (χ1n) is 13.9. The van der Waals surface area contributed by atoms with Crippen LogP contribution in [0.1, 0.15) is 61.0 Å². The average molecular weight is 640 g/mol. The van der Waals surface area contributed by atoms with Crippen molar-refractivity contribution in [2.45, 2.75) is 25.6 Å². The summed E-state index contributed by atoms with van der Waals surface area (Å²) in [6, 6.07) is 16.8. The molecule has 0 fully saturated rings. The molecule has 4 aromatic rings. The van der Waals surface area contributed by atoms with E-state index < -0.39 is 29.7 Å². The smallest absolute Gasteiger partial charge is 0.435 e. The lowest BCUT2D eigenvalue weighted by Gasteiger charge is -2.28. The Balaban J connectivity index is 1.58. The molecule has 3 amide bonds. The number of aromatic nitrogens is 2. The first-order chi connectivity index (χ1) is 21.3. The molecule has 0 radical (unpaired) electrons. The van der Waals surface area contributed by atoms with Crippen molar-refractivity contribution in [2.24, 2.45) is 0 Å². The number of hydrogen-bond donors (Lipinski definition) is 1. The predicted octanol–water partition coefficient (Wildman–Crippen LogP) is 5.95. The van der Waals surface area contributed by atoms with Crippen LogP contribution in [0.5, 0.6) is 5.75 Å². The summed E-state index contributed by atoms with van der Waals surface area (Å²) in [5, 5.41) is 7.25. The van der Waals surface area contributed by atoms with Gasteiger partial charge in [-0.15, -0.1) is 0 Å². The molecule has 0 saturated heterocycles. The van der Waals surface area contributed by atoms with Gasteiger partial charge in [-0.3, -0.25) is 14.4 Å². The Morgan fingerprint density at radius 2 is 1.71 bits per heavy atom. The monoisotopic (exact) mass is 639 g/mol. The molecule has 234 valence electrons. The number of carbonyl (C=O) groups is 3. The van der Waals surface area contributed by atoms with Crippen molar-refractivity contribution in [2.75, 3.05) is 32.6 Å². The van der Waals surface area contributed by atoms with Crippen LogP contribution in [0.15, 0.2) is 66.7 Å². The van der Waals surface area contributed by atoms with Crippen molar-refractivity contribution in [3.8, 4) is 11.4 Å². The Bertz CT molecular complexity index is 1770. The molecule has 9 nitrogen and oxygen atoms in total. The van der Waals surface area contributed by atoms with Gasteiger partial charge in [0.1, 0.15) is 11.4 Å². The number of nitrogens with zero attached hydrogens (tertiary/aromatic N) is 4. The van der Waals surface area contributed by atoms with Gasteiger partial charge < -0.3 is 19.9 Å². The van der Waals surface area contributed by atoms with E-state index in [0.29, 0.717) is 16.3 Å². The van der Waals surface area contributed by atoms with E-state index in [0.717, 1.165) is 10.2 Å². The highest BCUT2D eigenvalue weighted by Crippen LogP contribution is 2.38. The summed E-state index contributed by atoms with van der Waals surface area (Å²) in [6.45, 7) is 1.70. The Hall–Kier alpha value is -4.84. The molecule has 0 saturated carbocycles. The molecule has 1 unspecified atom stereocenters. The molecule has 1 N–H and O–H groups in total. The van der Waals surface area contributed by atoms with E-state index in [1.54, 1.807) is 69.6 Å². The fourth-order valence-corrected chi connectivity index (χ4v) is 5.29. The minimum Gasteiger partial charge on any atom is -0.497 e. The third-order valence-electron chi connectivity index (χ3n) is 7.51. The number of halogens is 4. The van der Waals surface area contributed by atoms with Crippen LogP contribution in [0.4, 0.5) is 18.9 Å². The maximum atomic E-state index is 14.3. The highest BCUT2D eigenvalue weighted by molar-refractivity contribution is 6.30. The van der Waals surface area contributed by atoms with Gasteiger partial charge in [-0.25, -0.2) is 4.68 Å². The number of anilines is 1. The Labute approximate surface area is 262 Å². The lowest BCUT2D eigenvalue weighted by atomic mass is 10.0. The van der Waals surface area contributed by atoms with Gasteiger partial charge >= 0.3 is 6.18 Å². The number of fused-ring (bicyclic) bond motifs is 1. The second kappa shape index (κ2) is 12.3. The van der Waals surface area contributed by atoms with Crippen LogP contribution in [0, 0.1) is 0 Å². The summed E-state index contributed by atoms with van der Waals surface area (Å²) in [4.78, 5) is 42.7. The van der Waals surface area contributed by atoms with Crippen LogP contribution >= 0.6 is 11.6 Å². The fraction of sp³-hybridized carbons (Fsp3) is 0.250. The zero-order chi connectivity index (χ0) is 32.6. The number of methoxy groups -OCH3 is 1. The van der Waals surface area contributed by atoms with Crippen molar-refractivity contribution in [3.05, 3.63) is 105 Å². The van der Waals surface area contributed by atoms with Crippen LogP contribution in [0.3, 0.4) is 0 Å². The molecule has 1 aromatic heterocycles. The first kappa shape index (κ1) is 31.6. The second-order valence-electron chi connectivity index (χ2n) is 10.7. The maximum absolute atomic E-state index is 14.3. The summed E-state index contributed by atoms with van der Waals surface area (Å²) in [6.07, 6.45) is -5.00. The van der Waals surface area contributed by atoms with Gasteiger partial charge in [0, 0.05) is 42.5 Å². The lowest BCUT2D eigenvalue weighted by molar-refractivity contribution is -0.141. The van der Waals surface area contributed by atoms with Crippen LogP contribution in [-0.2, 0) is 12.6 Å². The third kappa shape index (κ3) is 6.23. The summed E-state index contributed by atoms with van der Waals surface area (Å²) in [5.74, 6) is -1.31. The quantitative estimate of drug-likeness (QED) is 0.270. The average Bonchev–Trinajstić information content (AvgIpc) is 3.42. The van der Waals surface area contributed by atoms with Crippen molar-refractivity contribution in [1.82, 2.24) is 20.0 Å². The molecule has 0 aliphatic carbocycles. The van der Waals surface area contributed by atoms with E-state index >= 15 is 0 Å². The van der Waals surface area contributed by atoms with Gasteiger partial charge in [0.05, 0.1) is 24.4 Å². The van der Waals surface area contributed by atoms with Gasteiger partial charge in [-0.05, 0) is 73.5 Å². The van der Waals surface area contributed by atoms with Crippen molar-refractivity contribution in [3.63, 3.8) is 0 Å². The number of nitrogens with one attached hydrogen (secondary N) is 1. The molecule has 0 spiro atoms. The Morgan fingerprint density at radius 3 is 2.31 bits per heavy atom. The number of benzene rings is 3. The SMILES string of the molecule is COc1ccc(-n2nc(C(F)(F)F)c3c2C(=O)N(c2ccc(C(=O)N(C)C)cc2)CC3)c(C(=O)NC(C)c2ccc(Cl)cc2)c1. The number of carbonyl (C=O) groups excluding carboxylic acids is 3. The molecule has 1 aliphatic rings. The molecule has 5 rings (SSSR count). The van der Waals surface area contributed by atoms with Crippen molar-refractivity contribution in [1.29, 1.82) is 0 Å². The van der Waals surface area contributed by atoms with Crippen LogP contribution in [-0.4, -0.2) is 60.2 Å². The van der Waals surface area contributed by atoms with E-state index in [-0.39, 0.29) is 47.1 Å². The molecule has 2 heterocycles. The van der Waals surface area contributed by atoms with Crippen molar-refractivity contribution >= 4 is 35.0 Å². The molecule has 13 heteroatoms. The predicted molar refractivity (Wildman–Crippen MR) is 162 cm³/mol. The van der Waals surface area contributed by atoms with Gasteiger partial charge in [0.25, 0.3) is 17.7 Å². The number of rotatable bonds is 7. The molecule has 0 bridgehead atoms. The van der Waals surface area contributed by atoms with E-state index in [2.05, 4.69) is 10.4 Å². The van der Waals surface area contributed by atoms with Gasteiger partial charge in [0.2, 0.25) is 0 Å². The van der Waals surface area contributed by atoms with Gasteiger partial charge in [-0.1, -0.05) is 23.7 Å². The van der Waals surface area contributed by atoms with E-state index in [1.807, 2.05) is 0 Å². The van der Waals surface area contributed by atoms with E-state index in [1.165, 1.54) is 35.1 Å². The van der Waals surface area contributed by atoms with Gasteiger partial charge in [0.15, 0.2) is 5.69 Å². The van der Waals surface area contributed by atoms with Crippen LogP contribution in [0.2, 0.25) is 5.02 Å². The number of alkyl halides is 3. The summed E-state index contributed by atoms with van der Waals surface area (Å²) >= 11 is 5.99. The number of ether oxygens (including phenoxy) is 1. The highest BCUT2D eigenvalue weighted by atomic mass is 35.5. The summed E-state index contributed by atoms with van der Waals surface area (Å²) < 4.78 is 49.0. The van der Waals surface area contributed by atoms with Crippen LogP contribution in [0.25, 0.3) is 5.69 Å². The van der Waals surface area contributed by atoms with Crippen molar-refractivity contribution < 1.29 is 32.3 Å². The van der Waals surface area contributed by atoms with E-state index in [9.17, 15) is 27.6 Å². The number of hydrogen-bond acceptors (Lipinski definition) is 5. The lowest BCUT2D eigenvalue weighted by Crippen LogP contribution is -2.39. The molecule has 3 aromatic carbocycles. The summed E-state index contributed by atoms with van der Waals surface area (Å²) in [7, 11) is 4.61. The molecular weight excluding hydrogens is 611 g/mol. The Morgan fingerprint density at radius 1 is 1.04 bits per heavy atom. The standard InChI is InChI=1S/C32H29ClF3N5O4/c1-18(19-5-9-21(33)10-6-19)37-29(42)25-17-23(45-4)13-14-26(25)41-27-24(28(38-41)32(34,35)36)15-16-40(31(27)44)22-11-7-20(8-12-22)30(43)39(2)3/h5-14,17-18H,15-16H2,1-4H3,(H,37,42). The number of amides is 3. The fourth-order valence-electron chi connectivity index (χ4n) is 5.17. The second-order valence-corrected chi connectivity index (χ2v) is 11.1. The Kier molecular flexibility index (Phi) is 8.61. The topological polar surface area (TPSA) is 96.8 Å². The van der Waals surface area contributed by atoms with Crippen LogP contribution < -0.4 is 15.0 Å². The summed E-state index contributed by atoms with van der Waals surface area (Å²) in [5.41, 5.74) is -0.332. The molecular formula is C32H29ClF3N5O4. The normalized spacial score (nSPS) is 13.7. The molecule has 45 heavy (non-hydrogen) atoms. The molecule has 1 aliphatic heterocycles. The maximum Gasteiger partial charge on any atom is 0.435 e. The largest absolute Gasteiger partial charge is 0.497 e. The van der Waals surface area contributed by atoms with E-state index in [4.69, 9.17) is 16.3 Å². The minimum absolute atomic E-state index is 0.0366.